The molecule has 5 heteroatoms. The number of nitrogens with one attached hydrogen (secondary N) is 2. The first kappa shape index (κ1) is 16.4. The van der Waals surface area contributed by atoms with E-state index in [2.05, 4.69) is 22.8 Å². The zero-order valence-electron chi connectivity index (χ0n) is 13.5. The molecule has 3 rings (SSSR count). The predicted octanol–water partition coefficient (Wildman–Crippen LogP) is 4.73. The number of amides is 2. The lowest BCUT2D eigenvalue weighted by molar-refractivity contribution is 0.249. The van der Waals surface area contributed by atoms with Gasteiger partial charge in [0.15, 0.2) is 0 Å². The highest BCUT2D eigenvalue weighted by atomic mass is 19.1. The Morgan fingerprint density at radius 3 is 2.54 bits per heavy atom. The van der Waals surface area contributed by atoms with Gasteiger partial charge >= 0.3 is 6.03 Å². The van der Waals surface area contributed by atoms with E-state index in [1.165, 1.54) is 30.0 Å². The van der Waals surface area contributed by atoms with Crippen LogP contribution < -0.4 is 10.6 Å². The van der Waals surface area contributed by atoms with Gasteiger partial charge in [0.05, 0.1) is 11.7 Å². The molecule has 0 saturated heterocycles. The Morgan fingerprint density at radius 1 is 1.04 bits per heavy atom. The third kappa shape index (κ3) is 3.72. The van der Waals surface area contributed by atoms with E-state index in [1.54, 1.807) is 0 Å². The number of carbonyl (C=O) groups excluding carboxylic acids is 1. The van der Waals surface area contributed by atoms with Crippen LogP contribution in [0.5, 0.6) is 0 Å². The minimum absolute atomic E-state index is 0.0495. The molecule has 2 N–H and O–H groups in total. The first-order valence-corrected chi connectivity index (χ1v) is 8.17. The second-order valence-electron chi connectivity index (χ2n) is 6.18. The maximum absolute atomic E-state index is 13.6. The second-order valence-corrected chi connectivity index (χ2v) is 6.18. The topological polar surface area (TPSA) is 41.1 Å². The number of rotatable bonds is 3. The first-order chi connectivity index (χ1) is 11.5. The van der Waals surface area contributed by atoms with Crippen LogP contribution in [0.1, 0.15) is 42.5 Å². The van der Waals surface area contributed by atoms with Crippen molar-refractivity contribution >= 4 is 11.7 Å². The maximum atomic E-state index is 13.6. The number of aryl methyl sites for hydroxylation is 2. The van der Waals surface area contributed by atoms with Gasteiger partial charge in [-0.3, -0.25) is 0 Å². The number of carbonyl (C=O) groups is 1. The molecule has 0 spiro atoms. The smallest absolute Gasteiger partial charge is 0.319 e. The number of fused-ring (bicyclic) bond motifs is 1. The Kier molecular flexibility index (Phi) is 4.79. The van der Waals surface area contributed by atoms with E-state index < -0.39 is 17.7 Å². The van der Waals surface area contributed by atoms with Crippen LogP contribution in [0.25, 0.3) is 0 Å². The molecule has 0 aliphatic heterocycles. The van der Waals surface area contributed by atoms with Gasteiger partial charge in [-0.15, -0.1) is 0 Å². The summed E-state index contributed by atoms with van der Waals surface area (Å²) in [5.74, 6) is -1.48. The molecular formula is C19H20F2N2O. The molecule has 3 nitrogen and oxygen atoms in total. The zero-order valence-corrected chi connectivity index (χ0v) is 13.5. The van der Waals surface area contributed by atoms with Gasteiger partial charge in [0.1, 0.15) is 11.6 Å². The molecule has 0 radical (unpaired) electrons. The lowest BCUT2D eigenvalue weighted by Crippen LogP contribution is -2.31. The van der Waals surface area contributed by atoms with Crippen molar-refractivity contribution in [2.24, 2.45) is 0 Å². The lowest BCUT2D eigenvalue weighted by Gasteiger charge is -2.20. The molecule has 126 valence electrons. The number of hydrogen-bond donors (Lipinski definition) is 2. The van der Waals surface area contributed by atoms with Crippen molar-refractivity contribution in [2.75, 3.05) is 5.32 Å². The minimum atomic E-state index is -0.799. The summed E-state index contributed by atoms with van der Waals surface area (Å²) < 4.78 is 26.5. The molecule has 1 atom stereocenters. The molecule has 0 heterocycles. The summed E-state index contributed by atoms with van der Waals surface area (Å²) in [5.41, 5.74) is 3.70. The van der Waals surface area contributed by atoms with Gasteiger partial charge in [0.25, 0.3) is 0 Å². The van der Waals surface area contributed by atoms with Crippen molar-refractivity contribution in [1.29, 1.82) is 0 Å². The van der Waals surface area contributed by atoms with Gasteiger partial charge in [0, 0.05) is 6.07 Å². The summed E-state index contributed by atoms with van der Waals surface area (Å²) in [4.78, 5) is 12.0. The Hall–Kier alpha value is -2.43. The number of halogens is 2. The van der Waals surface area contributed by atoms with E-state index in [9.17, 15) is 13.6 Å². The number of hydrogen-bond acceptors (Lipinski definition) is 1. The third-order valence-corrected chi connectivity index (χ3v) is 4.40. The Morgan fingerprint density at radius 2 is 1.79 bits per heavy atom. The SMILES string of the molecule is C[C@H](NC(=O)Nc1ccc(F)cc1F)c1ccc2c(c1)CCCC2. The molecule has 0 bridgehead atoms. The molecular weight excluding hydrogens is 310 g/mol. The van der Waals surface area contributed by atoms with Crippen LogP contribution in [-0.2, 0) is 12.8 Å². The quantitative estimate of drug-likeness (QED) is 0.839. The monoisotopic (exact) mass is 330 g/mol. The summed E-state index contributed by atoms with van der Waals surface area (Å²) in [6, 6.07) is 8.60. The summed E-state index contributed by atoms with van der Waals surface area (Å²) in [6.45, 7) is 1.88. The van der Waals surface area contributed by atoms with Gasteiger partial charge in [-0.05, 0) is 61.4 Å². The van der Waals surface area contributed by atoms with Gasteiger partial charge in [-0.25, -0.2) is 13.6 Å². The van der Waals surface area contributed by atoms with Gasteiger partial charge in [0.2, 0.25) is 0 Å². The van der Waals surface area contributed by atoms with Crippen LogP contribution in [0.15, 0.2) is 36.4 Å². The predicted molar refractivity (Wildman–Crippen MR) is 90.0 cm³/mol. The molecule has 2 aromatic carbocycles. The van der Waals surface area contributed by atoms with Gasteiger partial charge in [-0.2, -0.15) is 0 Å². The van der Waals surface area contributed by atoms with E-state index in [0.717, 1.165) is 30.5 Å². The van der Waals surface area contributed by atoms with Crippen molar-refractivity contribution in [3.05, 3.63) is 64.7 Å². The van der Waals surface area contributed by atoms with Crippen molar-refractivity contribution in [2.45, 2.75) is 38.6 Å². The Labute approximate surface area is 140 Å². The first-order valence-electron chi connectivity index (χ1n) is 8.17. The molecule has 1 aliphatic rings. The molecule has 0 aromatic heterocycles. The fraction of sp³-hybridized carbons (Fsp3) is 0.316. The summed E-state index contributed by atoms with van der Waals surface area (Å²) in [6.07, 6.45) is 4.61. The largest absolute Gasteiger partial charge is 0.331 e. The Bertz CT molecular complexity index is 761. The van der Waals surface area contributed by atoms with E-state index in [1.807, 2.05) is 13.0 Å². The number of urea groups is 1. The normalized spacial score (nSPS) is 14.6. The van der Waals surface area contributed by atoms with Crippen molar-refractivity contribution in [3.8, 4) is 0 Å². The van der Waals surface area contributed by atoms with Crippen LogP contribution in [0.3, 0.4) is 0 Å². The molecule has 2 aromatic rings. The highest BCUT2D eigenvalue weighted by Crippen LogP contribution is 2.25. The van der Waals surface area contributed by atoms with Crippen molar-refractivity contribution in [3.63, 3.8) is 0 Å². The van der Waals surface area contributed by atoms with Crippen LogP contribution in [-0.4, -0.2) is 6.03 Å². The van der Waals surface area contributed by atoms with Crippen LogP contribution in [0.2, 0.25) is 0 Å². The molecule has 0 unspecified atom stereocenters. The van der Waals surface area contributed by atoms with E-state index in [-0.39, 0.29) is 11.7 Å². The lowest BCUT2D eigenvalue weighted by atomic mass is 9.89. The van der Waals surface area contributed by atoms with Gasteiger partial charge < -0.3 is 10.6 Å². The summed E-state index contributed by atoms with van der Waals surface area (Å²) in [7, 11) is 0. The van der Waals surface area contributed by atoms with Crippen LogP contribution in [0.4, 0.5) is 19.3 Å². The summed E-state index contributed by atoms with van der Waals surface area (Å²) in [5, 5.41) is 5.19. The molecule has 1 aliphatic carbocycles. The van der Waals surface area contributed by atoms with Crippen LogP contribution >= 0.6 is 0 Å². The standard InChI is InChI=1S/C19H20F2N2O/c1-12(14-7-6-13-4-2-3-5-15(13)10-14)22-19(24)23-18-9-8-16(20)11-17(18)21/h6-12H,2-5H2,1H3,(H2,22,23,24)/t12-/m0/s1. The highest BCUT2D eigenvalue weighted by Gasteiger charge is 2.15. The zero-order chi connectivity index (χ0) is 17.1. The summed E-state index contributed by atoms with van der Waals surface area (Å²) >= 11 is 0. The van der Waals surface area contributed by atoms with Crippen molar-refractivity contribution in [1.82, 2.24) is 5.32 Å². The number of anilines is 1. The average Bonchev–Trinajstić information content (AvgIpc) is 2.57. The second kappa shape index (κ2) is 6.99. The van der Waals surface area contributed by atoms with Crippen molar-refractivity contribution < 1.29 is 13.6 Å². The molecule has 0 saturated carbocycles. The maximum Gasteiger partial charge on any atom is 0.319 e. The average molecular weight is 330 g/mol. The Balaban J connectivity index is 1.65. The number of benzene rings is 2. The highest BCUT2D eigenvalue weighted by molar-refractivity contribution is 5.89. The van der Waals surface area contributed by atoms with Gasteiger partial charge in [-0.1, -0.05) is 18.2 Å². The fourth-order valence-electron chi connectivity index (χ4n) is 3.05. The minimum Gasteiger partial charge on any atom is -0.331 e. The molecule has 0 fully saturated rings. The molecule has 2 amide bonds. The van der Waals surface area contributed by atoms with Crippen LogP contribution in [0, 0.1) is 11.6 Å². The van der Waals surface area contributed by atoms with E-state index >= 15 is 0 Å². The third-order valence-electron chi connectivity index (χ3n) is 4.40. The van der Waals surface area contributed by atoms with E-state index in [4.69, 9.17) is 0 Å². The fourth-order valence-corrected chi connectivity index (χ4v) is 3.05. The molecule has 24 heavy (non-hydrogen) atoms. The van der Waals surface area contributed by atoms with E-state index in [0.29, 0.717) is 0 Å².